The van der Waals surface area contributed by atoms with Gasteiger partial charge in [0.1, 0.15) is 0 Å². The average molecular weight is 725 g/mol. The van der Waals surface area contributed by atoms with Crippen molar-refractivity contribution < 1.29 is 19.2 Å². The fourth-order valence-corrected chi connectivity index (χ4v) is 8.09. The maximum atomic E-state index is 14.7. The molecular weight excluding hydrogens is 690 g/mol. The van der Waals surface area contributed by atoms with Gasteiger partial charge < -0.3 is 0 Å². The zero-order valence-electron chi connectivity index (χ0n) is 27.8. The summed E-state index contributed by atoms with van der Waals surface area (Å²) < 4.78 is 0. The molecule has 0 bridgehead atoms. The number of carbonyl (C=O) groups is 4. The zero-order chi connectivity index (χ0) is 35.3. The number of hydrogen-bond acceptors (Lipinski definition) is 4. The molecule has 48 heavy (non-hydrogen) atoms. The lowest BCUT2D eigenvalue weighted by atomic mass is 9.83. The number of halogens is 4. The fraction of sp³-hybridized carbons (Fsp3) is 0.316. The van der Waals surface area contributed by atoms with E-state index < -0.39 is 23.6 Å². The Labute approximate surface area is 299 Å². The Bertz CT molecular complexity index is 1850. The molecule has 0 unspecified atom stereocenters. The van der Waals surface area contributed by atoms with Gasteiger partial charge in [0.25, 0.3) is 23.6 Å². The van der Waals surface area contributed by atoms with E-state index >= 15 is 0 Å². The van der Waals surface area contributed by atoms with Gasteiger partial charge in [-0.25, -0.2) is 9.80 Å². The summed E-state index contributed by atoms with van der Waals surface area (Å²) in [5, 5.41) is -0.890. The molecule has 4 aromatic rings. The van der Waals surface area contributed by atoms with Crippen LogP contribution < -0.4 is 9.80 Å². The SMILES string of the molecule is CC(C)c1cccc(C(C)C)c1N1C(=O)c2c(Cl)c(Cl)c3c4c(c(Cl)c(Cl)c(c24)C1=O)C(=O)N(c1c(C(C)C)cccc1C(C)C)C3=O. The van der Waals surface area contributed by atoms with Gasteiger partial charge in [0.15, 0.2) is 0 Å². The van der Waals surface area contributed by atoms with Gasteiger partial charge >= 0.3 is 0 Å². The Morgan fingerprint density at radius 1 is 0.417 bits per heavy atom. The van der Waals surface area contributed by atoms with Gasteiger partial charge in [-0.15, -0.1) is 0 Å². The second-order valence-corrected chi connectivity index (χ2v) is 15.1. The first kappa shape index (κ1) is 34.4. The number of rotatable bonds is 6. The van der Waals surface area contributed by atoms with Crippen molar-refractivity contribution >= 4 is 92.2 Å². The van der Waals surface area contributed by atoms with Crippen molar-refractivity contribution in [2.45, 2.75) is 79.1 Å². The average Bonchev–Trinajstić information content (AvgIpc) is 3.01. The molecule has 6 rings (SSSR count). The van der Waals surface area contributed by atoms with E-state index in [1.807, 2.05) is 91.8 Å². The van der Waals surface area contributed by atoms with Crippen molar-refractivity contribution in [1.29, 1.82) is 0 Å². The molecule has 248 valence electrons. The third-order valence-corrected chi connectivity index (χ3v) is 11.0. The number of carbonyl (C=O) groups excluding carboxylic acids is 4. The first-order valence-corrected chi connectivity index (χ1v) is 17.4. The maximum absolute atomic E-state index is 14.7. The molecule has 2 heterocycles. The summed E-state index contributed by atoms with van der Waals surface area (Å²) in [6, 6.07) is 11.3. The summed E-state index contributed by atoms with van der Waals surface area (Å²) in [7, 11) is 0. The van der Waals surface area contributed by atoms with E-state index in [9.17, 15) is 19.2 Å². The van der Waals surface area contributed by atoms with Gasteiger partial charge in [0, 0.05) is 10.8 Å². The standard InChI is InChI=1S/C38H34Cl4N2O4/c1-15(2)19-11-9-12-20(16(3)4)33(19)43-35(45)25-23-24-27(31(41)29(25)39)37(47)44(34-21(17(5)6)13-10-14-22(34)18(7)8)38(48)28(24)32(42)30(40)26(23)36(43)46/h9-18H,1-8H3. The van der Waals surface area contributed by atoms with Crippen molar-refractivity contribution in [1.82, 2.24) is 0 Å². The summed E-state index contributed by atoms with van der Waals surface area (Å²) in [6.45, 7) is 15.8. The molecule has 0 N–H and O–H groups in total. The third kappa shape index (κ3) is 4.74. The van der Waals surface area contributed by atoms with Gasteiger partial charge in [0.2, 0.25) is 0 Å². The predicted molar refractivity (Wildman–Crippen MR) is 196 cm³/mol. The molecule has 2 aliphatic heterocycles. The summed E-state index contributed by atoms with van der Waals surface area (Å²) >= 11 is 27.9. The molecule has 4 aromatic carbocycles. The second kappa shape index (κ2) is 12.2. The predicted octanol–water partition coefficient (Wildman–Crippen LogP) is 11.5. The number of amides is 4. The van der Waals surface area contributed by atoms with Crippen LogP contribution in [0.4, 0.5) is 11.4 Å². The highest BCUT2D eigenvalue weighted by Gasteiger charge is 2.48. The van der Waals surface area contributed by atoms with E-state index in [1.54, 1.807) is 0 Å². The van der Waals surface area contributed by atoms with Crippen LogP contribution >= 0.6 is 46.4 Å². The van der Waals surface area contributed by atoms with Crippen molar-refractivity contribution in [3.63, 3.8) is 0 Å². The third-order valence-electron chi connectivity index (χ3n) is 9.31. The number of benzene rings is 4. The Morgan fingerprint density at radius 3 is 0.812 bits per heavy atom. The van der Waals surface area contributed by atoms with E-state index in [0.29, 0.717) is 11.4 Å². The highest BCUT2D eigenvalue weighted by molar-refractivity contribution is 6.57. The van der Waals surface area contributed by atoms with Crippen LogP contribution in [0.1, 0.15) is 143 Å². The van der Waals surface area contributed by atoms with E-state index in [-0.39, 0.29) is 76.8 Å². The summed E-state index contributed by atoms with van der Waals surface area (Å²) in [4.78, 5) is 60.8. The molecule has 0 saturated carbocycles. The topological polar surface area (TPSA) is 74.8 Å². The number of hydrogen-bond donors (Lipinski definition) is 0. The fourth-order valence-electron chi connectivity index (χ4n) is 7.01. The van der Waals surface area contributed by atoms with Crippen LogP contribution in [0.5, 0.6) is 0 Å². The van der Waals surface area contributed by atoms with Crippen molar-refractivity contribution in [2.24, 2.45) is 0 Å². The van der Waals surface area contributed by atoms with Crippen LogP contribution in [-0.2, 0) is 0 Å². The van der Waals surface area contributed by atoms with Gasteiger partial charge in [-0.05, 0) is 45.9 Å². The molecule has 0 fully saturated rings. The molecule has 0 radical (unpaired) electrons. The van der Waals surface area contributed by atoms with Crippen LogP contribution in [0, 0.1) is 0 Å². The largest absolute Gasteiger partial charge is 0.268 e. The highest BCUT2D eigenvalue weighted by Crippen LogP contribution is 2.53. The zero-order valence-corrected chi connectivity index (χ0v) is 30.8. The molecule has 10 heteroatoms. The minimum absolute atomic E-state index is 0.00856. The Balaban J connectivity index is 1.72. The lowest BCUT2D eigenvalue weighted by molar-refractivity contribution is 0.0872. The van der Waals surface area contributed by atoms with Gasteiger partial charge in [-0.1, -0.05) is 138 Å². The highest BCUT2D eigenvalue weighted by atomic mass is 35.5. The van der Waals surface area contributed by atoms with Crippen LogP contribution in [0.25, 0.3) is 10.8 Å². The monoisotopic (exact) mass is 722 g/mol. The number of para-hydroxylation sites is 2. The van der Waals surface area contributed by atoms with Crippen LogP contribution in [0.3, 0.4) is 0 Å². The smallest absolute Gasteiger partial charge is 0.267 e. The molecule has 2 aliphatic rings. The van der Waals surface area contributed by atoms with Crippen molar-refractivity contribution in [3.05, 3.63) is 101 Å². The van der Waals surface area contributed by atoms with Crippen LogP contribution in [0.15, 0.2) is 36.4 Å². The number of imide groups is 2. The van der Waals surface area contributed by atoms with Crippen molar-refractivity contribution in [2.75, 3.05) is 9.80 Å². The Kier molecular flexibility index (Phi) is 8.73. The number of anilines is 2. The molecule has 0 aromatic heterocycles. The van der Waals surface area contributed by atoms with E-state index in [4.69, 9.17) is 46.4 Å². The molecule has 0 saturated heterocycles. The molecule has 4 amide bonds. The summed E-state index contributed by atoms with van der Waals surface area (Å²) in [5.41, 5.74) is 3.45. The lowest BCUT2D eigenvalue weighted by Crippen LogP contribution is -2.45. The summed E-state index contributed by atoms with van der Waals surface area (Å²) in [6.07, 6.45) is 0. The van der Waals surface area contributed by atoms with E-state index in [0.717, 1.165) is 32.1 Å². The van der Waals surface area contributed by atoms with E-state index in [1.165, 1.54) is 0 Å². The first-order valence-electron chi connectivity index (χ1n) is 15.9. The molecule has 0 spiro atoms. The quantitative estimate of drug-likeness (QED) is 0.186. The Morgan fingerprint density at radius 2 is 0.625 bits per heavy atom. The molecule has 0 atom stereocenters. The lowest BCUT2D eigenvalue weighted by Gasteiger charge is -2.37. The van der Waals surface area contributed by atoms with Gasteiger partial charge in [-0.2, -0.15) is 0 Å². The number of nitrogens with zero attached hydrogens (tertiary/aromatic N) is 2. The van der Waals surface area contributed by atoms with Crippen LogP contribution in [-0.4, -0.2) is 23.6 Å². The Hall–Kier alpha value is -3.42. The minimum atomic E-state index is -0.736. The normalized spacial score (nSPS) is 14.7. The minimum Gasteiger partial charge on any atom is -0.268 e. The van der Waals surface area contributed by atoms with Crippen LogP contribution in [0.2, 0.25) is 20.1 Å². The molecular formula is C38H34Cl4N2O4. The van der Waals surface area contributed by atoms with Gasteiger partial charge in [-0.3, -0.25) is 19.2 Å². The molecule has 6 nitrogen and oxygen atoms in total. The summed E-state index contributed by atoms with van der Waals surface area (Å²) in [5.74, 6) is -3.17. The van der Waals surface area contributed by atoms with Gasteiger partial charge in [0.05, 0.1) is 53.7 Å². The first-order chi connectivity index (χ1) is 22.5. The van der Waals surface area contributed by atoms with E-state index in [2.05, 4.69) is 0 Å². The second-order valence-electron chi connectivity index (χ2n) is 13.6. The molecule has 0 aliphatic carbocycles. The maximum Gasteiger partial charge on any atom is 0.267 e. The van der Waals surface area contributed by atoms with Crippen molar-refractivity contribution in [3.8, 4) is 0 Å².